The summed E-state index contributed by atoms with van der Waals surface area (Å²) in [4.78, 5) is 4.32. The molecule has 2 rings (SSSR count). The third kappa shape index (κ3) is 3.04. The van der Waals surface area contributed by atoms with Gasteiger partial charge in [0.1, 0.15) is 4.64 Å². The van der Waals surface area contributed by atoms with Crippen molar-refractivity contribution in [3.8, 4) is 5.82 Å². The van der Waals surface area contributed by atoms with Gasteiger partial charge in [-0.1, -0.05) is 26.1 Å². The molecule has 17 heavy (non-hydrogen) atoms. The van der Waals surface area contributed by atoms with E-state index in [1.54, 1.807) is 6.20 Å². The normalized spacial score (nSPS) is 11.1. The minimum atomic E-state index is 0.606. The van der Waals surface area contributed by atoms with Crippen LogP contribution in [0.15, 0.2) is 28.9 Å². The molecule has 0 fully saturated rings. The van der Waals surface area contributed by atoms with Gasteiger partial charge in [-0.2, -0.15) is 0 Å². The van der Waals surface area contributed by atoms with Crippen LogP contribution in [-0.4, -0.2) is 14.8 Å². The zero-order valence-electron chi connectivity index (χ0n) is 9.77. The highest BCUT2D eigenvalue weighted by atomic mass is 79.9. The summed E-state index contributed by atoms with van der Waals surface area (Å²) in [5.74, 6) is 1.42. The molecule has 0 aliphatic rings. The largest absolute Gasteiger partial charge is 0.296 e. The van der Waals surface area contributed by atoms with Crippen molar-refractivity contribution in [2.75, 3.05) is 0 Å². The molecule has 0 saturated carbocycles. The van der Waals surface area contributed by atoms with Crippen LogP contribution >= 0.6 is 28.1 Å². The van der Waals surface area contributed by atoms with E-state index in [0.29, 0.717) is 5.92 Å². The molecule has 0 aliphatic carbocycles. The maximum absolute atomic E-state index is 5.32. The van der Waals surface area contributed by atoms with Crippen molar-refractivity contribution in [2.24, 2.45) is 5.92 Å². The molecule has 2 aromatic rings. The number of nitrogens with zero attached hydrogens (tertiary/aromatic N) is 2. The minimum absolute atomic E-state index is 0.606. The highest BCUT2D eigenvalue weighted by molar-refractivity contribution is 9.10. The molecular formula is C12H14BrN3S. The van der Waals surface area contributed by atoms with Gasteiger partial charge < -0.3 is 0 Å². The first-order valence-electron chi connectivity index (χ1n) is 5.49. The lowest BCUT2D eigenvalue weighted by Gasteiger charge is -2.03. The summed E-state index contributed by atoms with van der Waals surface area (Å²) in [6.07, 6.45) is 2.76. The average Bonchev–Trinajstić information content (AvgIpc) is 2.59. The second kappa shape index (κ2) is 5.14. The zero-order valence-corrected chi connectivity index (χ0v) is 12.2. The van der Waals surface area contributed by atoms with Crippen molar-refractivity contribution in [1.82, 2.24) is 14.8 Å². The second-order valence-corrected chi connectivity index (χ2v) is 5.72. The van der Waals surface area contributed by atoms with Crippen molar-refractivity contribution in [1.29, 1.82) is 0 Å². The Balaban J connectivity index is 2.36. The minimum Gasteiger partial charge on any atom is -0.296 e. The van der Waals surface area contributed by atoms with Gasteiger partial charge in [-0.25, -0.2) is 9.67 Å². The van der Waals surface area contributed by atoms with Gasteiger partial charge in [0.05, 0.1) is 0 Å². The molecule has 2 aromatic heterocycles. The van der Waals surface area contributed by atoms with E-state index in [1.165, 1.54) is 0 Å². The van der Waals surface area contributed by atoms with Crippen LogP contribution in [0.25, 0.3) is 5.82 Å². The Bertz CT molecular complexity index is 554. The van der Waals surface area contributed by atoms with E-state index >= 15 is 0 Å². The van der Waals surface area contributed by atoms with Crippen molar-refractivity contribution in [3.63, 3.8) is 0 Å². The molecule has 0 unspecified atom stereocenters. The molecule has 0 bridgehead atoms. The van der Waals surface area contributed by atoms with Gasteiger partial charge in [0.15, 0.2) is 5.82 Å². The van der Waals surface area contributed by atoms with Gasteiger partial charge in [0.2, 0.25) is 0 Å². The zero-order chi connectivity index (χ0) is 12.4. The van der Waals surface area contributed by atoms with E-state index < -0.39 is 0 Å². The van der Waals surface area contributed by atoms with Gasteiger partial charge in [-0.05, 0) is 46.5 Å². The number of aromatic nitrogens is 3. The third-order valence-electron chi connectivity index (χ3n) is 2.34. The lowest BCUT2D eigenvalue weighted by molar-refractivity contribution is 0.627. The highest BCUT2D eigenvalue weighted by Gasteiger charge is 2.05. The van der Waals surface area contributed by atoms with Crippen molar-refractivity contribution in [3.05, 3.63) is 39.2 Å². The molecular weight excluding hydrogens is 298 g/mol. The fourth-order valence-electron chi connectivity index (χ4n) is 1.66. The van der Waals surface area contributed by atoms with E-state index in [1.807, 2.05) is 22.9 Å². The molecule has 0 aliphatic heterocycles. The van der Waals surface area contributed by atoms with Crippen LogP contribution < -0.4 is 0 Å². The number of hydrogen-bond donors (Lipinski definition) is 1. The fourth-order valence-corrected chi connectivity index (χ4v) is 2.18. The van der Waals surface area contributed by atoms with Gasteiger partial charge in [0.25, 0.3) is 0 Å². The Morgan fingerprint density at radius 3 is 2.82 bits per heavy atom. The van der Waals surface area contributed by atoms with Crippen LogP contribution in [0.1, 0.15) is 19.5 Å². The Kier molecular flexibility index (Phi) is 3.79. The van der Waals surface area contributed by atoms with Gasteiger partial charge in [-0.3, -0.25) is 5.10 Å². The summed E-state index contributed by atoms with van der Waals surface area (Å²) >= 11 is 8.69. The summed E-state index contributed by atoms with van der Waals surface area (Å²) in [5, 5.41) is 3.28. The smallest absolute Gasteiger partial charge is 0.152 e. The third-order valence-corrected chi connectivity index (χ3v) is 3.11. The highest BCUT2D eigenvalue weighted by Crippen LogP contribution is 2.13. The standard InChI is InChI=1S/C12H14BrN3S/c1-8(2)5-10-6-12(17)16(15-10)11-4-3-9(13)7-14-11/h3-4,6-8,15H,5H2,1-2H3. The van der Waals surface area contributed by atoms with Crippen molar-refractivity contribution in [2.45, 2.75) is 20.3 Å². The first kappa shape index (κ1) is 12.5. The number of nitrogens with one attached hydrogen (secondary N) is 1. The summed E-state index contributed by atoms with van der Waals surface area (Å²) in [5.41, 5.74) is 1.15. The molecule has 0 atom stereocenters. The average molecular weight is 312 g/mol. The van der Waals surface area contributed by atoms with Crippen LogP contribution in [-0.2, 0) is 6.42 Å². The predicted octanol–water partition coefficient (Wildman–Crippen LogP) is 3.89. The van der Waals surface area contributed by atoms with E-state index in [4.69, 9.17) is 12.2 Å². The molecule has 2 heterocycles. The SMILES string of the molecule is CC(C)Cc1cc(=S)n(-c2ccc(Br)cn2)[nH]1. The lowest BCUT2D eigenvalue weighted by atomic mass is 10.1. The number of halogens is 1. The van der Waals surface area contributed by atoms with Gasteiger partial charge in [-0.15, -0.1) is 0 Å². The first-order chi connectivity index (χ1) is 8.06. The summed E-state index contributed by atoms with van der Waals surface area (Å²) in [7, 11) is 0. The molecule has 90 valence electrons. The molecule has 3 nitrogen and oxygen atoms in total. The quantitative estimate of drug-likeness (QED) is 0.872. The number of hydrogen-bond acceptors (Lipinski definition) is 2. The second-order valence-electron chi connectivity index (χ2n) is 4.39. The van der Waals surface area contributed by atoms with E-state index in [9.17, 15) is 0 Å². The van der Waals surface area contributed by atoms with Gasteiger partial charge in [0, 0.05) is 16.4 Å². The van der Waals surface area contributed by atoms with Crippen molar-refractivity contribution >= 4 is 28.1 Å². The molecule has 0 spiro atoms. The monoisotopic (exact) mass is 311 g/mol. The fraction of sp³-hybridized carbons (Fsp3) is 0.333. The number of pyridine rings is 1. The predicted molar refractivity (Wildman–Crippen MR) is 75.0 cm³/mol. The van der Waals surface area contributed by atoms with Crippen LogP contribution in [0, 0.1) is 10.6 Å². The van der Waals surface area contributed by atoms with E-state index in [0.717, 1.165) is 27.0 Å². The molecule has 0 amide bonds. The van der Waals surface area contributed by atoms with Crippen molar-refractivity contribution < 1.29 is 0 Å². The van der Waals surface area contributed by atoms with Crippen LogP contribution in [0.3, 0.4) is 0 Å². The number of aromatic amines is 1. The number of rotatable bonds is 3. The first-order valence-corrected chi connectivity index (χ1v) is 6.69. The maximum Gasteiger partial charge on any atom is 0.152 e. The Morgan fingerprint density at radius 1 is 1.47 bits per heavy atom. The Morgan fingerprint density at radius 2 is 2.24 bits per heavy atom. The van der Waals surface area contributed by atoms with Crippen LogP contribution in [0.4, 0.5) is 0 Å². The van der Waals surface area contributed by atoms with Gasteiger partial charge >= 0.3 is 0 Å². The lowest BCUT2D eigenvalue weighted by Crippen LogP contribution is -2.01. The maximum atomic E-state index is 5.32. The molecule has 5 heteroatoms. The molecule has 1 N–H and O–H groups in total. The van der Waals surface area contributed by atoms with Crippen LogP contribution in [0.2, 0.25) is 0 Å². The van der Waals surface area contributed by atoms with E-state index in [2.05, 4.69) is 39.9 Å². The van der Waals surface area contributed by atoms with E-state index in [-0.39, 0.29) is 0 Å². The summed E-state index contributed by atoms with van der Waals surface area (Å²) < 4.78 is 3.55. The Labute approximate surface area is 114 Å². The Hall–Kier alpha value is -0.940. The summed E-state index contributed by atoms with van der Waals surface area (Å²) in [6.45, 7) is 4.37. The summed E-state index contributed by atoms with van der Waals surface area (Å²) in [6, 6.07) is 5.88. The molecule has 0 radical (unpaired) electrons. The molecule has 0 saturated heterocycles. The molecule has 0 aromatic carbocycles. The number of H-pyrrole nitrogens is 1. The topological polar surface area (TPSA) is 33.6 Å². The van der Waals surface area contributed by atoms with Crippen LogP contribution in [0.5, 0.6) is 0 Å².